The molecule has 5 nitrogen and oxygen atoms in total. The highest BCUT2D eigenvalue weighted by Gasteiger charge is 2.22. The largest absolute Gasteiger partial charge is 0.508 e. The Balaban J connectivity index is 2.59. The number of fused-ring (bicyclic) bond motifs is 1. The van der Waals surface area contributed by atoms with E-state index < -0.39 is 0 Å². The van der Waals surface area contributed by atoms with Crippen LogP contribution in [0.3, 0.4) is 0 Å². The quantitative estimate of drug-likeness (QED) is 0.656. The van der Waals surface area contributed by atoms with Crippen LogP contribution in [0.25, 0.3) is 10.9 Å². The fourth-order valence-corrected chi connectivity index (χ4v) is 2.63. The number of benzene rings is 1. The van der Waals surface area contributed by atoms with Gasteiger partial charge in [-0.15, -0.1) is 0 Å². The molecular weight excluding hydrogens is 282 g/mol. The maximum atomic E-state index is 12.3. The van der Waals surface area contributed by atoms with Gasteiger partial charge in [-0.1, -0.05) is 6.58 Å². The first-order valence-electron chi connectivity index (χ1n) is 7.24. The molecule has 0 radical (unpaired) electrons. The Morgan fingerprint density at radius 1 is 1.50 bits per heavy atom. The first-order valence-corrected chi connectivity index (χ1v) is 7.24. The van der Waals surface area contributed by atoms with Gasteiger partial charge in [-0.25, -0.2) is 4.79 Å². The van der Waals surface area contributed by atoms with E-state index in [1.54, 1.807) is 25.1 Å². The molecule has 0 saturated carbocycles. The average molecular weight is 303 g/mol. The third-order valence-electron chi connectivity index (χ3n) is 3.55. The second kappa shape index (κ2) is 6.56. The van der Waals surface area contributed by atoms with Crippen molar-refractivity contribution in [3.05, 3.63) is 42.3 Å². The zero-order chi connectivity index (χ0) is 16.3. The highest BCUT2D eigenvalue weighted by atomic mass is 16.5. The van der Waals surface area contributed by atoms with E-state index in [-0.39, 0.29) is 17.8 Å². The van der Waals surface area contributed by atoms with E-state index in [4.69, 9.17) is 9.47 Å². The number of carbonyl (C=O) groups is 1. The first-order chi connectivity index (χ1) is 10.5. The van der Waals surface area contributed by atoms with Gasteiger partial charge < -0.3 is 19.1 Å². The van der Waals surface area contributed by atoms with E-state index >= 15 is 0 Å². The van der Waals surface area contributed by atoms with Gasteiger partial charge in [0, 0.05) is 16.6 Å². The van der Waals surface area contributed by atoms with Crippen LogP contribution in [0.15, 0.2) is 31.0 Å². The molecule has 0 spiro atoms. The number of rotatable bonds is 6. The molecule has 1 atom stereocenters. The van der Waals surface area contributed by atoms with Gasteiger partial charge in [-0.2, -0.15) is 0 Å². The van der Waals surface area contributed by atoms with Crippen LogP contribution in [0.4, 0.5) is 0 Å². The van der Waals surface area contributed by atoms with Crippen LogP contribution in [0, 0.1) is 6.92 Å². The summed E-state index contributed by atoms with van der Waals surface area (Å²) in [5.41, 5.74) is 2.13. The molecule has 1 aromatic carbocycles. The van der Waals surface area contributed by atoms with Crippen molar-refractivity contribution in [3.8, 4) is 5.75 Å². The van der Waals surface area contributed by atoms with Crippen LogP contribution < -0.4 is 0 Å². The molecule has 1 heterocycles. The topological polar surface area (TPSA) is 60.7 Å². The number of hydrogen-bond acceptors (Lipinski definition) is 4. The standard InChI is InChI=1S/C17H21NO4/c1-5-21-11(3)10-18-12(4)16(17(20)22-6-2)14-9-13(19)7-8-15(14)18/h5,7-9,11,19H,1,6,10H2,2-4H3. The van der Waals surface area contributed by atoms with Crippen molar-refractivity contribution in [2.45, 2.75) is 33.4 Å². The Bertz CT molecular complexity index is 702. The minimum Gasteiger partial charge on any atom is -0.508 e. The Labute approximate surface area is 129 Å². The second-order valence-corrected chi connectivity index (χ2v) is 5.11. The molecule has 0 aliphatic carbocycles. The Morgan fingerprint density at radius 3 is 2.86 bits per heavy atom. The monoisotopic (exact) mass is 303 g/mol. The lowest BCUT2D eigenvalue weighted by Crippen LogP contribution is -2.16. The van der Waals surface area contributed by atoms with E-state index in [0.717, 1.165) is 11.2 Å². The summed E-state index contributed by atoms with van der Waals surface area (Å²) >= 11 is 0. The zero-order valence-electron chi connectivity index (χ0n) is 13.1. The molecular formula is C17H21NO4. The van der Waals surface area contributed by atoms with Gasteiger partial charge in [-0.3, -0.25) is 0 Å². The van der Waals surface area contributed by atoms with E-state index in [1.807, 2.05) is 18.4 Å². The molecule has 0 fully saturated rings. The molecule has 2 rings (SSSR count). The lowest BCUT2D eigenvalue weighted by molar-refractivity contribution is 0.0527. The van der Waals surface area contributed by atoms with Gasteiger partial charge in [0.1, 0.15) is 11.9 Å². The summed E-state index contributed by atoms with van der Waals surface area (Å²) in [6, 6.07) is 4.98. The predicted molar refractivity (Wildman–Crippen MR) is 85.0 cm³/mol. The number of esters is 1. The first kappa shape index (κ1) is 15.9. The highest BCUT2D eigenvalue weighted by Crippen LogP contribution is 2.30. The van der Waals surface area contributed by atoms with Gasteiger partial charge in [0.05, 0.1) is 25.0 Å². The van der Waals surface area contributed by atoms with Crippen molar-refractivity contribution in [2.75, 3.05) is 6.61 Å². The minimum atomic E-state index is -0.383. The van der Waals surface area contributed by atoms with Crippen molar-refractivity contribution in [1.82, 2.24) is 4.57 Å². The molecule has 1 unspecified atom stereocenters. The third-order valence-corrected chi connectivity index (χ3v) is 3.55. The second-order valence-electron chi connectivity index (χ2n) is 5.11. The smallest absolute Gasteiger partial charge is 0.340 e. The van der Waals surface area contributed by atoms with Crippen LogP contribution in [-0.2, 0) is 16.0 Å². The summed E-state index contributed by atoms with van der Waals surface area (Å²) in [5.74, 6) is -0.266. The van der Waals surface area contributed by atoms with Crippen molar-refractivity contribution in [3.63, 3.8) is 0 Å². The summed E-state index contributed by atoms with van der Waals surface area (Å²) in [6.45, 7) is 9.99. The molecule has 1 N–H and O–H groups in total. The molecule has 118 valence electrons. The highest BCUT2D eigenvalue weighted by molar-refractivity contribution is 6.06. The summed E-state index contributed by atoms with van der Waals surface area (Å²) in [5, 5.41) is 10.4. The number of aromatic nitrogens is 1. The Kier molecular flexibility index (Phi) is 4.75. The molecule has 0 aliphatic heterocycles. The van der Waals surface area contributed by atoms with Crippen molar-refractivity contribution < 1.29 is 19.4 Å². The maximum absolute atomic E-state index is 12.3. The zero-order valence-corrected chi connectivity index (χ0v) is 13.1. The van der Waals surface area contributed by atoms with Crippen LogP contribution in [0.2, 0.25) is 0 Å². The van der Waals surface area contributed by atoms with E-state index in [1.165, 1.54) is 6.26 Å². The van der Waals surface area contributed by atoms with Crippen LogP contribution in [-0.4, -0.2) is 28.4 Å². The van der Waals surface area contributed by atoms with Gasteiger partial charge in [-0.05, 0) is 39.0 Å². The maximum Gasteiger partial charge on any atom is 0.340 e. The van der Waals surface area contributed by atoms with Gasteiger partial charge in [0.15, 0.2) is 0 Å². The average Bonchev–Trinajstić information content (AvgIpc) is 2.71. The molecule has 0 saturated heterocycles. The minimum absolute atomic E-state index is 0.0874. The fraction of sp³-hybridized carbons (Fsp3) is 0.353. The molecule has 5 heteroatoms. The molecule has 0 amide bonds. The number of phenols is 1. The van der Waals surface area contributed by atoms with Crippen molar-refractivity contribution in [2.24, 2.45) is 0 Å². The summed E-state index contributed by atoms with van der Waals surface area (Å²) < 4.78 is 12.5. The van der Waals surface area contributed by atoms with Crippen LogP contribution >= 0.6 is 0 Å². The molecule has 22 heavy (non-hydrogen) atoms. The number of phenolic OH excluding ortho intramolecular Hbond substituents is 1. The molecule has 0 aliphatic rings. The number of hydrogen-bond donors (Lipinski definition) is 1. The fourth-order valence-electron chi connectivity index (χ4n) is 2.63. The summed E-state index contributed by atoms with van der Waals surface area (Å²) in [4.78, 5) is 12.3. The number of aromatic hydroxyl groups is 1. The number of ether oxygens (including phenoxy) is 2. The van der Waals surface area contributed by atoms with Crippen molar-refractivity contribution in [1.29, 1.82) is 0 Å². The third kappa shape index (κ3) is 2.93. The molecule has 1 aromatic heterocycles. The predicted octanol–water partition coefficient (Wildman–Crippen LogP) is 3.38. The van der Waals surface area contributed by atoms with Crippen LogP contribution in [0.1, 0.15) is 29.9 Å². The number of carbonyl (C=O) groups excluding carboxylic acids is 1. The summed E-state index contributed by atoms with van der Waals surface area (Å²) in [7, 11) is 0. The van der Waals surface area contributed by atoms with Crippen LogP contribution in [0.5, 0.6) is 5.75 Å². The van der Waals surface area contributed by atoms with Gasteiger partial charge in [0.2, 0.25) is 0 Å². The van der Waals surface area contributed by atoms with E-state index in [9.17, 15) is 9.90 Å². The normalized spacial score (nSPS) is 12.1. The van der Waals surface area contributed by atoms with Crippen molar-refractivity contribution >= 4 is 16.9 Å². The van der Waals surface area contributed by atoms with E-state index in [2.05, 4.69) is 6.58 Å². The van der Waals surface area contributed by atoms with Gasteiger partial charge >= 0.3 is 5.97 Å². The lowest BCUT2D eigenvalue weighted by atomic mass is 10.1. The van der Waals surface area contributed by atoms with E-state index in [0.29, 0.717) is 24.1 Å². The Morgan fingerprint density at radius 2 is 2.23 bits per heavy atom. The van der Waals surface area contributed by atoms with Gasteiger partial charge in [0.25, 0.3) is 0 Å². The SMILES string of the molecule is C=COC(C)Cn1c(C)c(C(=O)OCC)c2cc(O)ccc21. The number of nitrogens with zero attached hydrogens (tertiary/aromatic N) is 1. The lowest BCUT2D eigenvalue weighted by Gasteiger charge is -2.15. The molecule has 2 aromatic rings. The summed E-state index contributed by atoms with van der Waals surface area (Å²) in [6.07, 6.45) is 1.32. The molecule has 0 bridgehead atoms. The Hall–Kier alpha value is -2.43.